The Morgan fingerprint density at radius 1 is 0.818 bits per heavy atom. The molecule has 0 fully saturated rings. The zero-order valence-electron chi connectivity index (χ0n) is 17.9. The van der Waals surface area contributed by atoms with Gasteiger partial charge in [-0.3, -0.25) is 19.4 Å². The summed E-state index contributed by atoms with van der Waals surface area (Å²) < 4.78 is 56.3. The second-order valence-electron chi connectivity index (χ2n) is 7.12. The molecule has 0 bridgehead atoms. The summed E-state index contributed by atoms with van der Waals surface area (Å²) in [4.78, 5) is 10.1. The summed E-state index contributed by atoms with van der Waals surface area (Å²) in [6, 6.07) is 14.3. The van der Waals surface area contributed by atoms with Gasteiger partial charge in [-0.25, -0.2) is 8.42 Å². The Morgan fingerprint density at radius 2 is 1.27 bits per heavy atom. The third-order valence-electron chi connectivity index (χ3n) is 4.41. The van der Waals surface area contributed by atoms with Crippen LogP contribution in [0.15, 0.2) is 70.5 Å². The Kier molecular flexibility index (Phi) is 7.80. The van der Waals surface area contributed by atoms with Crippen molar-refractivity contribution in [2.24, 2.45) is 0 Å². The van der Waals surface area contributed by atoms with Crippen molar-refractivity contribution in [3.05, 3.63) is 87.5 Å². The molecule has 0 spiro atoms. The quantitative estimate of drug-likeness (QED) is 0.208. The van der Waals surface area contributed by atoms with Crippen molar-refractivity contribution in [1.82, 2.24) is 0 Å². The molecule has 0 heterocycles. The highest BCUT2D eigenvalue weighted by Gasteiger charge is 2.20. The van der Waals surface area contributed by atoms with Crippen molar-refractivity contribution in [3.63, 3.8) is 0 Å². The Morgan fingerprint density at radius 3 is 1.70 bits per heavy atom. The number of benzene rings is 3. The van der Waals surface area contributed by atoms with Crippen molar-refractivity contribution in [2.45, 2.75) is 30.6 Å². The van der Waals surface area contributed by atoms with Crippen LogP contribution in [0.25, 0.3) is 0 Å². The van der Waals surface area contributed by atoms with E-state index in [1.54, 1.807) is 24.3 Å². The minimum absolute atomic E-state index is 0.0357. The largest absolute Gasteiger partial charge is 0.505 e. The molecule has 176 valence electrons. The third kappa shape index (κ3) is 7.00. The molecule has 33 heavy (non-hydrogen) atoms. The number of anilines is 1. The lowest BCUT2D eigenvalue weighted by atomic mass is 10.1. The lowest BCUT2D eigenvalue weighted by Crippen LogP contribution is -2.13. The van der Waals surface area contributed by atoms with Gasteiger partial charge in [0, 0.05) is 5.56 Å². The van der Waals surface area contributed by atoms with Crippen LogP contribution in [0.3, 0.4) is 0 Å². The molecular weight excluding hydrogens is 472 g/mol. The van der Waals surface area contributed by atoms with E-state index in [-0.39, 0.29) is 26.7 Å². The zero-order valence-corrected chi connectivity index (χ0v) is 19.5. The Balaban J connectivity index is 0.000000294. The number of phenolic OH excluding ortho intramolecular Hbond substituents is 1. The molecule has 0 radical (unpaired) electrons. The van der Waals surface area contributed by atoms with Crippen LogP contribution in [0.1, 0.15) is 16.7 Å². The average molecular weight is 495 g/mol. The lowest BCUT2D eigenvalue weighted by molar-refractivity contribution is -0.385. The molecule has 0 saturated heterocycles. The number of hydrogen-bond donors (Lipinski definition) is 3. The fourth-order valence-electron chi connectivity index (χ4n) is 2.60. The lowest BCUT2D eigenvalue weighted by Gasteiger charge is -2.11. The number of aromatic hydroxyl groups is 1. The summed E-state index contributed by atoms with van der Waals surface area (Å²) in [7, 11) is -7.90. The second kappa shape index (κ2) is 9.98. The van der Waals surface area contributed by atoms with Gasteiger partial charge < -0.3 is 5.11 Å². The van der Waals surface area contributed by atoms with Crippen LogP contribution in [0, 0.1) is 30.9 Å². The topological polar surface area (TPSA) is 164 Å². The molecule has 10 nitrogen and oxygen atoms in total. The van der Waals surface area contributed by atoms with Gasteiger partial charge in [0.15, 0.2) is 0 Å². The van der Waals surface area contributed by atoms with Crippen LogP contribution in [-0.4, -0.2) is 31.4 Å². The SMILES string of the molecule is Cc1ccc(S(=O)(=O)Nc2cc(C)c([N+](=O)[O-])cc2O)cc1.Cc1ccc(S(=O)(=O)O)cc1. The fraction of sp³-hybridized carbons (Fsp3) is 0.143. The van der Waals surface area contributed by atoms with E-state index in [9.17, 15) is 32.1 Å². The number of phenols is 1. The van der Waals surface area contributed by atoms with Gasteiger partial charge in [0.05, 0.1) is 26.5 Å². The zero-order chi connectivity index (χ0) is 25.0. The number of nitrogens with one attached hydrogen (secondary N) is 1. The molecule has 0 aliphatic heterocycles. The number of aryl methyl sites for hydroxylation is 3. The number of nitrogens with zero attached hydrogens (tertiary/aromatic N) is 1. The first kappa shape index (κ1) is 25.8. The Bertz CT molecular complexity index is 1370. The molecule has 0 aromatic heterocycles. The molecular formula is C21H22N2O8S2. The first-order valence-electron chi connectivity index (χ1n) is 9.32. The van der Waals surface area contributed by atoms with E-state index >= 15 is 0 Å². The number of nitro benzene ring substituents is 1. The van der Waals surface area contributed by atoms with Crippen LogP contribution in [0.2, 0.25) is 0 Å². The summed E-state index contributed by atoms with van der Waals surface area (Å²) in [5.74, 6) is -0.506. The minimum Gasteiger partial charge on any atom is -0.505 e. The van der Waals surface area contributed by atoms with Gasteiger partial charge in [-0.15, -0.1) is 0 Å². The van der Waals surface area contributed by atoms with E-state index in [1.165, 1.54) is 37.3 Å². The highest BCUT2D eigenvalue weighted by molar-refractivity contribution is 7.92. The Labute approximate surface area is 191 Å². The molecule has 0 saturated carbocycles. The van der Waals surface area contributed by atoms with Gasteiger partial charge in [0.25, 0.3) is 25.8 Å². The molecule has 0 aliphatic carbocycles. The highest BCUT2D eigenvalue weighted by Crippen LogP contribution is 2.32. The van der Waals surface area contributed by atoms with E-state index < -0.39 is 30.8 Å². The molecule has 3 rings (SSSR count). The van der Waals surface area contributed by atoms with E-state index in [2.05, 4.69) is 4.72 Å². The van der Waals surface area contributed by atoms with Crippen LogP contribution in [0.4, 0.5) is 11.4 Å². The van der Waals surface area contributed by atoms with E-state index in [0.29, 0.717) is 0 Å². The van der Waals surface area contributed by atoms with Crippen LogP contribution in [-0.2, 0) is 20.1 Å². The van der Waals surface area contributed by atoms with Gasteiger partial charge in [0.1, 0.15) is 5.75 Å². The van der Waals surface area contributed by atoms with Gasteiger partial charge in [-0.2, -0.15) is 8.42 Å². The van der Waals surface area contributed by atoms with Gasteiger partial charge in [0.2, 0.25) is 0 Å². The fourth-order valence-corrected chi connectivity index (χ4v) is 4.14. The monoisotopic (exact) mass is 494 g/mol. The first-order valence-corrected chi connectivity index (χ1v) is 12.2. The molecule has 0 aliphatic rings. The summed E-state index contributed by atoms with van der Waals surface area (Å²) in [5.41, 5.74) is 1.72. The molecule has 0 unspecified atom stereocenters. The summed E-state index contributed by atoms with van der Waals surface area (Å²) in [6.07, 6.45) is 0. The Hall–Kier alpha value is -3.48. The maximum atomic E-state index is 12.2. The highest BCUT2D eigenvalue weighted by atomic mass is 32.2. The molecule has 3 aromatic rings. The van der Waals surface area contributed by atoms with Crippen molar-refractivity contribution in [1.29, 1.82) is 0 Å². The predicted molar refractivity (Wildman–Crippen MR) is 122 cm³/mol. The van der Waals surface area contributed by atoms with Crippen LogP contribution >= 0.6 is 0 Å². The summed E-state index contributed by atoms with van der Waals surface area (Å²) in [5, 5.41) is 20.6. The predicted octanol–water partition coefficient (Wildman–Crippen LogP) is 3.96. The van der Waals surface area contributed by atoms with E-state index in [1.807, 2.05) is 13.8 Å². The molecule has 0 amide bonds. The van der Waals surface area contributed by atoms with Gasteiger partial charge in [-0.05, 0) is 51.1 Å². The van der Waals surface area contributed by atoms with Gasteiger partial charge >= 0.3 is 0 Å². The normalized spacial score (nSPS) is 11.3. The molecule has 3 N–H and O–H groups in total. The minimum atomic E-state index is -4.02. The van der Waals surface area contributed by atoms with E-state index in [4.69, 9.17) is 4.55 Å². The van der Waals surface area contributed by atoms with Crippen molar-refractivity contribution < 1.29 is 31.4 Å². The molecule has 12 heteroatoms. The molecule has 0 atom stereocenters. The van der Waals surface area contributed by atoms with Crippen molar-refractivity contribution in [2.75, 3.05) is 4.72 Å². The smallest absolute Gasteiger partial charge is 0.294 e. The van der Waals surface area contributed by atoms with Crippen LogP contribution in [0.5, 0.6) is 5.75 Å². The third-order valence-corrected chi connectivity index (χ3v) is 6.65. The maximum absolute atomic E-state index is 12.2. The number of sulfonamides is 1. The maximum Gasteiger partial charge on any atom is 0.294 e. The summed E-state index contributed by atoms with van der Waals surface area (Å²) in [6.45, 7) is 5.13. The second-order valence-corrected chi connectivity index (χ2v) is 10.2. The molecule has 3 aromatic carbocycles. The first-order chi connectivity index (χ1) is 15.2. The van der Waals surface area contributed by atoms with Crippen molar-refractivity contribution >= 4 is 31.5 Å². The standard InChI is InChI=1S/C14H14N2O5S.C7H8O3S/c1-9-3-5-11(6-4-9)22(20,21)15-12-7-10(2)13(16(18)19)8-14(12)17;1-6-2-4-7(5-3-6)11(8,9)10/h3-8,15,17H,1-2H3;2-5H,1H3,(H,8,9,10). The van der Waals surface area contributed by atoms with E-state index in [0.717, 1.165) is 17.2 Å². The number of rotatable bonds is 5. The average Bonchev–Trinajstić information content (AvgIpc) is 2.70. The van der Waals surface area contributed by atoms with Gasteiger partial charge in [-0.1, -0.05) is 35.4 Å². The van der Waals surface area contributed by atoms with Crippen LogP contribution < -0.4 is 4.72 Å². The number of hydrogen-bond acceptors (Lipinski definition) is 7. The number of nitro groups is 1. The summed E-state index contributed by atoms with van der Waals surface area (Å²) >= 11 is 0. The van der Waals surface area contributed by atoms with Crippen molar-refractivity contribution in [3.8, 4) is 5.75 Å².